The fourth-order valence-corrected chi connectivity index (χ4v) is 6.40. The van der Waals surface area contributed by atoms with Gasteiger partial charge in [-0.05, 0) is 31.5 Å². The van der Waals surface area contributed by atoms with Crippen molar-refractivity contribution in [3.05, 3.63) is 35.9 Å². The summed E-state index contributed by atoms with van der Waals surface area (Å²) in [5.74, 6) is 4.20. The molecule has 0 spiro atoms. The van der Waals surface area contributed by atoms with Gasteiger partial charge in [0.15, 0.2) is 17.0 Å². The second kappa shape index (κ2) is 10.7. The number of aryl methyl sites for hydroxylation is 2. The summed E-state index contributed by atoms with van der Waals surface area (Å²) in [5.41, 5.74) is 3.71. The molecule has 0 N–H and O–H groups in total. The van der Waals surface area contributed by atoms with Crippen LogP contribution in [-0.2, 0) is 29.5 Å². The molecule has 4 aromatic rings. The van der Waals surface area contributed by atoms with E-state index in [1.165, 1.54) is 0 Å². The number of morpholine rings is 1. The summed E-state index contributed by atoms with van der Waals surface area (Å²) in [4.78, 5) is 27.6. The molecule has 3 aliphatic heterocycles. The molecule has 3 fully saturated rings. The molecule has 0 saturated carbocycles. The molecule has 6 heterocycles. The molecule has 7 rings (SSSR count). The maximum atomic E-state index is 5.66. The van der Waals surface area contributed by atoms with Crippen LogP contribution in [0.3, 0.4) is 0 Å². The van der Waals surface area contributed by atoms with E-state index in [1.54, 1.807) is 0 Å². The van der Waals surface area contributed by atoms with Crippen molar-refractivity contribution in [1.82, 2.24) is 38.9 Å². The molecule has 0 radical (unpaired) electrons. The predicted octanol–water partition coefficient (Wildman–Crippen LogP) is 2.25. The van der Waals surface area contributed by atoms with E-state index in [2.05, 4.69) is 50.9 Å². The Balaban J connectivity index is 1.20. The van der Waals surface area contributed by atoms with Crippen molar-refractivity contribution in [2.45, 2.75) is 32.4 Å². The number of imidazole rings is 2. The van der Waals surface area contributed by atoms with Gasteiger partial charge in [0.2, 0.25) is 5.95 Å². The van der Waals surface area contributed by atoms with Gasteiger partial charge in [0.1, 0.15) is 11.6 Å². The average molecular weight is 546 g/mol. The summed E-state index contributed by atoms with van der Waals surface area (Å²) in [6.07, 6.45) is 1.94. The Hall–Kier alpha value is -3.12. The maximum Gasteiger partial charge on any atom is 0.239 e. The number of benzene rings is 1. The molecule has 11 nitrogen and oxygen atoms in total. The highest BCUT2D eigenvalue weighted by molar-refractivity contribution is 5.86. The van der Waals surface area contributed by atoms with Gasteiger partial charge in [0, 0.05) is 58.8 Å². The molecule has 0 amide bonds. The van der Waals surface area contributed by atoms with Crippen LogP contribution in [0.5, 0.6) is 0 Å². The topological polar surface area (TPSA) is 89.6 Å². The van der Waals surface area contributed by atoms with Crippen LogP contribution in [0.15, 0.2) is 24.3 Å². The van der Waals surface area contributed by atoms with Crippen LogP contribution >= 0.6 is 0 Å². The number of nitrogens with zero attached hydrogens (tertiary/aromatic N) is 9. The fraction of sp³-hybridized carbons (Fsp3) is 0.586. The first kappa shape index (κ1) is 25.8. The van der Waals surface area contributed by atoms with Crippen molar-refractivity contribution in [3.63, 3.8) is 0 Å². The summed E-state index contributed by atoms with van der Waals surface area (Å²) in [7, 11) is 4.33. The summed E-state index contributed by atoms with van der Waals surface area (Å²) >= 11 is 0. The lowest BCUT2D eigenvalue weighted by Gasteiger charge is -2.41. The van der Waals surface area contributed by atoms with Crippen molar-refractivity contribution in [2.24, 2.45) is 13.0 Å². The summed E-state index contributed by atoms with van der Waals surface area (Å²) in [6, 6.07) is 8.78. The lowest BCUT2D eigenvalue weighted by Crippen LogP contribution is -2.52. The third-order valence-electron chi connectivity index (χ3n) is 8.71. The maximum absolute atomic E-state index is 5.66. The standard InChI is InChI=1S/C29H39N9O2/c1-4-24-30-22-7-5-6-8-23(22)38(24)29-32-27-26(28(33-29)37-10-13-39-14-11-37)31-25(35(27)3)18-36-16-20(17-36)15-34(2)21-9-12-40-19-21/h5-8,20-21H,4,9-19H2,1-3H3. The highest BCUT2D eigenvalue weighted by atomic mass is 16.5. The van der Waals surface area contributed by atoms with Gasteiger partial charge in [-0.2, -0.15) is 9.97 Å². The van der Waals surface area contributed by atoms with Crippen molar-refractivity contribution >= 4 is 28.0 Å². The molecular formula is C29H39N9O2. The van der Waals surface area contributed by atoms with Crippen LogP contribution in [0.25, 0.3) is 28.1 Å². The minimum atomic E-state index is 0.570. The van der Waals surface area contributed by atoms with E-state index >= 15 is 0 Å². The number of ether oxygens (including phenoxy) is 2. The molecule has 1 aromatic carbocycles. The molecule has 3 saturated heterocycles. The van der Waals surface area contributed by atoms with E-state index in [-0.39, 0.29) is 0 Å². The number of likely N-dealkylation sites (tertiary alicyclic amines) is 1. The minimum absolute atomic E-state index is 0.570. The number of para-hydroxylation sites is 2. The third kappa shape index (κ3) is 4.64. The van der Waals surface area contributed by atoms with Crippen molar-refractivity contribution < 1.29 is 9.47 Å². The number of anilines is 1. The molecular weight excluding hydrogens is 506 g/mol. The molecule has 3 aliphatic rings. The van der Waals surface area contributed by atoms with E-state index in [0.29, 0.717) is 31.1 Å². The zero-order chi connectivity index (χ0) is 27.2. The first-order valence-corrected chi connectivity index (χ1v) is 14.6. The van der Waals surface area contributed by atoms with Crippen LogP contribution in [0, 0.1) is 5.92 Å². The number of likely N-dealkylation sites (N-methyl/N-ethyl adjacent to an activating group) is 1. The van der Waals surface area contributed by atoms with Gasteiger partial charge in [-0.25, -0.2) is 9.97 Å². The highest BCUT2D eigenvalue weighted by Crippen LogP contribution is 2.29. The van der Waals surface area contributed by atoms with Gasteiger partial charge < -0.3 is 23.8 Å². The van der Waals surface area contributed by atoms with Gasteiger partial charge in [0.25, 0.3) is 0 Å². The Morgan fingerprint density at radius 3 is 2.58 bits per heavy atom. The van der Waals surface area contributed by atoms with E-state index in [1.807, 2.05) is 18.2 Å². The molecule has 11 heteroatoms. The molecule has 0 aliphatic carbocycles. The zero-order valence-electron chi connectivity index (χ0n) is 23.8. The van der Waals surface area contributed by atoms with Crippen LogP contribution in [-0.4, -0.2) is 111 Å². The lowest BCUT2D eigenvalue weighted by molar-refractivity contribution is 0.0515. The van der Waals surface area contributed by atoms with E-state index in [0.717, 1.165) is 105 Å². The number of fused-ring (bicyclic) bond motifs is 2. The van der Waals surface area contributed by atoms with Gasteiger partial charge >= 0.3 is 0 Å². The van der Waals surface area contributed by atoms with Crippen molar-refractivity contribution in [2.75, 3.05) is 71.1 Å². The zero-order valence-corrected chi connectivity index (χ0v) is 23.8. The smallest absolute Gasteiger partial charge is 0.239 e. The minimum Gasteiger partial charge on any atom is -0.380 e. The highest BCUT2D eigenvalue weighted by Gasteiger charge is 2.32. The van der Waals surface area contributed by atoms with Gasteiger partial charge in [-0.3, -0.25) is 9.47 Å². The molecule has 1 unspecified atom stereocenters. The summed E-state index contributed by atoms with van der Waals surface area (Å²) in [5, 5.41) is 0. The van der Waals surface area contributed by atoms with Crippen LogP contribution in [0.1, 0.15) is 25.0 Å². The number of aromatic nitrogens is 6. The number of hydrogen-bond acceptors (Lipinski definition) is 9. The first-order chi connectivity index (χ1) is 19.6. The summed E-state index contributed by atoms with van der Waals surface area (Å²) in [6.45, 7) is 11.0. The molecule has 40 heavy (non-hydrogen) atoms. The summed E-state index contributed by atoms with van der Waals surface area (Å²) < 4.78 is 15.5. The van der Waals surface area contributed by atoms with E-state index in [9.17, 15) is 0 Å². The normalized spacial score (nSPS) is 20.8. The van der Waals surface area contributed by atoms with Gasteiger partial charge in [-0.1, -0.05) is 19.1 Å². The first-order valence-electron chi connectivity index (χ1n) is 14.6. The van der Waals surface area contributed by atoms with Gasteiger partial charge in [-0.15, -0.1) is 0 Å². The van der Waals surface area contributed by atoms with Crippen molar-refractivity contribution in [1.29, 1.82) is 0 Å². The van der Waals surface area contributed by atoms with Crippen LogP contribution in [0.4, 0.5) is 5.82 Å². The molecule has 212 valence electrons. The second-order valence-electron chi connectivity index (χ2n) is 11.4. The Kier molecular flexibility index (Phi) is 6.91. The Bertz CT molecular complexity index is 1500. The van der Waals surface area contributed by atoms with Crippen LogP contribution < -0.4 is 4.90 Å². The fourth-order valence-electron chi connectivity index (χ4n) is 6.40. The van der Waals surface area contributed by atoms with E-state index in [4.69, 9.17) is 29.4 Å². The largest absolute Gasteiger partial charge is 0.380 e. The predicted molar refractivity (Wildman–Crippen MR) is 154 cm³/mol. The number of hydrogen-bond donors (Lipinski definition) is 0. The van der Waals surface area contributed by atoms with E-state index < -0.39 is 0 Å². The SMILES string of the molecule is CCc1nc2ccccc2n1-c1nc(N2CCOCC2)c2nc(CN3CC(CN(C)C4CCOC4)C3)n(C)c2n1. The Labute approximate surface area is 234 Å². The third-order valence-corrected chi connectivity index (χ3v) is 8.71. The Morgan fingerprint density at radius 1 is 0.975 bits per heavy atom. The number of rotatable bonds is 8. The lowest BCUT2D eigenvalue weighted by atomic mass is 9.99. The molecule has 3 aromatic heterocycles. The molecule has 1 atom stereocenters. The van der Waals surface area contributed by atoms with Crippen LogP contribution in [0.2, 0.25) is 0 Å². The van der Waals surface area contributed by atoms with Gasteiger partial charge in [0.05, 0.1) is 37.4 Å². The molecule has 0 bridgehead atoms. The average Bonchev–Trinajstić information content (AvgIpc) is 3.70. The monoisotopic (exact) mass is 545 g/mol. The van der Waals surface area contributed by atoms with Crippen molar-refractivity contribution in [3.8, 4) is 5.95 Å². The Morgan fingerprint density at radius 2 is 1.80 bits per heavy atom. The second-order valence-corrected chi connectivity index (χ2v) is 11.4. The quantitative estimate of drug-likeness (QED) is 0.331.